The largest absolute Gasteiger partial charge is 0.326 e. The van der Waals surface area contributed by atoms with Crippen molar-refractivity contribution in [2.24, 2.45) is 0 Å². The molecule has 0 saturated carbocycles. The summed E-state index contributed by atoms with van der Waals surface area (Å²) < 4.78 is 40.9. The number of carbonyl (C=O) groups excluding carboxylic acids is 1. The lowest BCUT2D eigenvalue weighted by Gasteiger charge is -2.23. The number of benzene rings is 1. The number of piperidine rings is 1. The Hall–Kier alpha value is -1.51. The molecule has 6 nitrogen and oxygen atoms in total. The molecule has 0 aliphatic carbocycles. The van der Waals surface area contributed by atoms with Gasteiger partial charge in [0.25, 0.3) is 0 Å². The molecule has 8 heteroatoms. The third kappa shape index (κ3) is 4.23. The van der Waals surface area contributed by atoms with Gasteiger partial charge >= 0.3 is 0 Å². The summed E-state index contributed by atoms with van der Waals surface area (Å²) >= 11 is 0. The summed E-state index contributed by atoms with van der Waals surface area (Å²) in [7, 11) is -3.90. The van der Waals surface area contributed by atoms with Crippen LogP contribution in [0.15, 0.2) is 23.1 Å². The molecule has 1 saturated heterocycles. The number of hydrogen-bond donors (Lipinski definition) is 3. The van der Waals surface area contributed by atoms with Gasteiger partial charge in [-0.3, -0.25) is 4.79 Å². The monoisotopic (exact) mass is 315 g/mol. The van der Waals surface area contributed by atoms with Gasteiger partial charge in [0.05, 0.1) is 0 Å². The van der Waals surface area contributed by atoms with E-state index in [-0.39, 0.29) is 17.6 Å². The van der Waals surface area contributed by atoms with Crippen molar-refractivity contribution in [2.45, 2.75) is 30.7 Å². The average Bonchev–Trinajstić information content (AvgIpc) is 2.38. The number of sulfonamides is 1. The first kappa shape index (κ1) is 15.9. The minimum Gasteiger partial charge on any atom is -0.326 e. The van der Waals surface area contributed by atoms with Crippen LogP contribution in [0.25, 0.3) is 0 Å². The van der Waals surface area contributed by atoms with E-state index in [0.29, 0.717) is 12.8 Å². The second-order valence-corrected chi connectivity index (χ2v) is 6.65. The Labute approximate surface area is 123 Å². The Morgan fingerprint density at radius 2 is 2.00 bits per heavy atom. The van der Waals surface area contributed by atoms with Crippen molar-refractivity contribution in [3.63, 3.8) is 0 Å². The molecule has 3 N–H and O–H groups in total. The number of halogens is 1. The molecule has 1 aliphatic heterocycles. The van der Waals surface area contributed by atoms with E-state index in [1.165, 1.54) is 13.0 Å². The van der Waals surface area contributed by atoms with Gasteiger partial charge < -0.3 is 10.6 Å². The molecule has 2 rings (SSSR count). The number of hydrogen-bond acceptors (Lipinski definition) is 4. The second kappa shape index (κ2) is 6.50. The maximum Gasteiger partial charge on any atom is 0.243 e. The van der Waals surface area contributed by atoms with Gasteiger partial charge in [-0.15, -0.1) is 0 Å². The van der Waals surface area contributed by atoms with Crippen LogP contribution in [-0.4, -0.2) is 33.5 Å². The number of amides is 1. The fourth-order valence-corrected chi connectivity index (χ4v) is 3.59. The van der Waals surface area contributed by atoms with Crippen LogP contribution >= 0.6 is 0 Å². The van der Waals surface area contributed by atoms with Crippen molar-refractivity contribution in [3.8, 4) is 0 Å². The quantitative estimate of drug-likeness (QED) is 0.767. The van der Waals surface area contributed by atoms with E-state index in [1.807, 2.05) is 0 Å². The second-order valence-electron chi connectivity index (χ2n) is 4.97. The summed E-state index contributed by atoms with van der Waals surface area (Å²) in [6.07, 6.45) is 1.34. The Kier molecular flexibility index (Phi) is 4.92. The molecule has 1 amide bonds. The highest BCUT2D eigenvalue weighted by Crippen LogP contribution is 2.20. The van der Waals surface area contributed by atoms with E-state index in [9.17, 15) is 17.6 Å². The van der Waals surface area contributed by atoms with Gasteiger partial charge in [0.15, 0.2) is 0 Å². The normalized spacial score (nSPS) is 16.7. The minimum atomic E-state index is -3.90. The van der Waals surface area contributed by atoms with Crippen LogP contribution in [0.3, 0.4) is 0 Å². The van der Waals surface area contributed by atoms with Crippen molar-refractivity contribution in [3.05, 3.63) is 24.0 Å². The first-order chi connectivity index (χ1) is 9.88. The average molecular weight is 315 g/mol. The zero-order chi connectivity index (χ0) is 15.5. The number of nitrogens with one attached hydrogen (secondary N) is 3. The molecule has 1 fully saturated rings. The predicted molar refractivity (Wildman–Crippen MR) is 76.9 cm³/mol. The predicted octanol–water partition coefficient (Wildman–Crippen LogP) is 0.814. The van der Waals surface area contributed by atoms with Gasteiger partial charge in [-0.05, 0) is 44.1 Å². The molecule has 0 bridgehead atoms. The lowest BCUT2D eigenvalue weighted by molar-refractivity contribution is -0.114. The topological polar surface area (TPSA) is 87.3 Å². The molecule has 1 aromatic rings. The summed E-state index contributed by atoms with van der Waals surface area (Å²) in [5.74, 6) is -1.24. The summed E-state index contributed by atoms with van der Waals surface area (Å²) in [4.78, 5) is 10.5. The van der Waals surface area contributed by atoms with Gasteiger partial charge in [-0.1, -0.05) is 0 Å². The summed E-state index contributed by atoms with van der Waals surface area (Å²) in [6.45, 7) is 2.76. The van der Waals surface area contributed by atoms with Gasteiger partial charge in [-0.25, -0.2) is 17.5 Å². The van der Waals surface area contributed by atoms with E-state index in [4.69, 9.17) is 0 Å². The first-order valence-corrected chi connectivity index (χ1v) is 8.17. The summed E-state index contributed by atoms with van der Waals surface area (Å²) in [5.41, 5.74) is 0.223. The molecule has 1 heterocycles. The zero-order valence-electron chi connectivity index (χ0n) is 11.6. The Morgan fingerprint density at radius 3 is 2.57 bits per heavy atom. The third-order valence-corrected chi connectivity index (χ3v) is 4.76. The van der Waals surface area contributed by atoms with E-state index in [1.54, 1.807) is 0 Å². The lowest BCUT2D eigenvalue weighted by Crippen LogP contribution is -2.42. The highest BCUT2D eigenvalue weighted by atomic mass is 32.2. The Balaban J connectivity index is 2.17. The molecular weight excluding hydrogens is 297 g/mol. The van der Waals surface area contributed by atoms with Crippen LogP contribution < -0.4 is 15.4 Å². The number of anilines is 1. The van der Waals surface area contributed by atoms with Crippen LogP contribution in [0, 0.1) is 5.82 Å². The summed E-state index contributed by atoms with van der Waals surface area (Å²) in [6, 6.07) is 3.33. The highest BCUT2D eigenvalue weighted by molar-refractivity contribution is 7.89. The summed E-state index contributed by atoms with van der Waals surface area (Å²) in [5, 5.41) is 5.53. The van der Waals surface area contributed by atoms with Gasteiger partial charge in [-0.2, -0.15) is 0 Å². The van der Waals surface area contributed by atoms with Gasteiger partial charge in [0, 0.05) is 18.7 Å². The maximum atomic E-state index is 14.0. The van der Waals surface area contributed by atoms with Crippen LogP contribution in [0.4, 0.5) is 10.1 Å². The fourth-order valence-electron chi connectivity index (χ4n) is 2.22. The molecule has 0 aromatic heterocycles. The minimum absolute atomic E-state index is 0.189. The van der Waals surface area contributed by atoms with E-state index in [2.05, 4.69) is 15.4 Å². The number of rotatable bonds is 4. The molecular formula is C13H18FN3O3S. The standard InChI is InChI=1S/C13H18FN3O3S/c1-9(18)16-11-2-3-13(12(14)8-11)21(19,20)17-10-4-6-15-7-5-10/h2-3,8,10,15,17H,4-7H2,1H3,(H,16,18). The molecule has 0 atom stereocenters. The van der Waals surface area contributed by atoms with Crippen molar-refractivity contribution < 1.29 is 17.6 Å². The first-order valence-electron chi connectivity index (χ1n) is 6.69. The van der Waals surface area contributed by atoms with E-state index >= 15 is 0 Å². The Morgan fingerprint density at radius 1 is 1.33 bits per heavy atom. The highest BCUT2D eigenvalue weighted by Gasteiger charge is 2.24. The van der Waals surface area contributed by atoms with E-state index < -0.39 is 20.7 Å². The Bertz CT molecular complexity index is 628. The van der Waals surface area contributed by atoms with Crippen LogP contribution in [0.1, 0.15) is 19.8 Å². The third-order valence-electron chi connectivity index (χ3n) is 3.20. The van der Waals surface area contributed by atoms with Crippen molar-refractivity contribution >= 4 is 21.6 Å². The van der Waals surface area contributed by atoms with Crippen molar-refractivity contribution in [1.82, 2.24) is 10.0 Å². The molecule has 0 unspecified atom stereocenters. The van der Waals surface area contributed by atoms with Crippen molar-refractivity contribution in [1.29, 1.82) is 0 Å². The molecule has 0 spiro atoms. The molecule has 116 valence electrons. The molecule has 1 aliphatic rings. The smallest absolute Gasteiger partial charge is 0.243 e. The zero-order valence-corrected chi connectivity index (χ0v) is 12.5. The number of carbonyl (C=O) groups is 1. The maximum absolute atomic E-state index is 14.0. The SMILES string of the molecule is CC(=O)Nc1ccc(S(=O)(=O)NC2CCNCC2)c(F)c1. The van der Waals surface area contributed by atoms with E-state index in [0.717, 1.165) is 25.2 Å². The lowest BCUT2D eigenvalue weighted by atomic mass is 10.1. The van der Waals surface area contributed by atoms with Crippen LogP contribution in [0.5, 0.6) is 0 Å². The molecule has 0 radical (unpaired) electrons. The molecule has 1 aromatic carbocycles. The van der Waals surface area contributed by atoms with Crippen molar-refractivity contribution in [2.75, 3.05) is 18.4 Å². The molecule has 21 heavy (non-hydrogen) atoms. The van der Waals surface area contributed by atoms with Crippen LogP contribution in [0.2, 0.25) is 0 Å². The van der Waals surface area contributed by atoms with Crippen LogP contribution in [-0.2, 0) is 14.8 Å². The fraction of sp³-hybridized carbons (Fsp3) is 0.462. The van der Waals surface area contributed by atoms with Gasteiger partial charge in [0.2, 0.25) is 15.9 Å². The van der Waals surface area contributed by atoms with Gasteiger partial charge in [0.1, 0.15) is 10.7 Å².